The molecule has 0 spiro atoms. The van der Waals surface area contributed by atoms with Crippen LogP contribution in [0.5, 0.6) is 0 Å². The standard InChI is InChI=1S/C16H18ClN3O3/c1-10-14(20-8-5-12(17)9-13(20)18-10)15(21)19-6-3-11(4-7-19)16(22)23-2/h5,8-9,11H,3-4,6-7H2,1-2H3. The van der Waals surface area contributed by atoms with Gasteiger partial charge in [0.2, 0.25) is 0 Å². The highest BCUT2D eigenvalue weighted by Gasteiger charge is 2.30. The molecule has 1 amide bonds. The van der Waals surface area contributed by atoms with E-state index in [9.17, 15) is 9.59 Å². The molecule has 1 fully saturated rings. The van der Waals surface area contributed by atoms with Crippen molar-refractivity contribution < 1.29 is 14.3 Å². The van der Waals surface area contributed by atoms with E-state index in [0.717, 1.165) is 0 Å². The van der Waals surface area contributed by atoms with E-state index in [1.165, 1.54) is 7.11 Å². The number of aromatic nitrogens is 2. The van der Waals surface area contributed by atoms with Gasteiger partial charge in [-0.2, -0.15) is 0 Å². The van der Waals surface area contributed by atoms with Crippen LogP contribution in [-0.2, 0) is 9.53 Å². The first-order valence-corrected chi connectivity index (χ1v) is 7.90. The van der Waals surface area contributed by atoms with Crippen molar-refractivity contribution in [2.24, 2.45) is 5.92 Å². The second-order valence-corrected chi connectivity index (χ2v) is 6.15. The van der Waals surface area contributed by atoms with Crippen LogP contribution >= 0.6 is 11.6 Å². The highest BCUT2D eigenvalue weighted by molar-refractivity contribution is 6.30. The van der Waals surface area contributed by atoms with Crippen LogP contribution in [0, 0.1) is 12.8 Å². The van der Waals surface area contributed by atoms with E-state index in [1.807, 2.05) is 6.92 Å². The van der Waals surface area contributed by atoms with Crippen LogP contribution in [0.4, 0.5) is 0 Å². The normalized spacial score (nSPS) is 15.9. The smallest absolute Gasteiger partial charge is 0.308 e. The van der Waals surface area contributed by atoms with Crippen molar-refractivity contribution in [3.05, 3.63) is 34.7 Å². The molecule has 0 aliphatic carbocycles. The lowest BCUT2D eigenvalue weighted by Gasteiger charge is -2.30. The zero-order valence-electron chi connectivity index (χ0n) is 13.1. The number of amides is 1. The average Bonchev–Trinajstić information content (AvgIpc) is 2.88. The maximum atomic E-state index is 12.8. The molecule has 122 valence electrons. The van der Waals surface area contributed by atoms with E-state index in [1.54, 1.807) is 27.6 Å². The number of hydrogen-bond donors (Lipinski definition) is 0. The highest BCUT2D eigenvalue weighted by atomic mass is 35.5. The fourth-order valence-electron chi connectivity index (χ4n) is 3.03. The Kier molecular flexibility index (Phi) is 4.26. The van der Waals surface area contributed by atoms with Crippen molar-refractivity contribution >= 4 is 29.1 Å². The van der Waals surface area contributed by atoms with Crippen molar-refractivity contribution in [1.29, 1.82) is 0 Å². The Morgan fingerprint density at radius 3 is 2.70 bits per heavy atom. The van der Waals surface area contributed by atoms with E-state index < -0.39 is 0 Å². The summed E-state index contributed by atoms with van der Waals surface area (Å²) in [7, 11) is 1.40. The van der Waals surface area contributed by atoms with Gasteiger partial charge in [0.15, 0.2) is 0 Å². The Labute approximate surface area is 139 Å². The molecule has 0 bridgehead atoms. The summed E-state index contributed by atoms with van der Waals surface area (Å²) < 4.78 is 6.54. The molecule has 1 saturated heterocycles. The summed E-state index contributed by atoms with van der Waals surface area (Å²) in [6.07, 6.45) is 3.01. The largest absolute Gasteiger partial charge is 0.469 e. The second-order valence-electron chi connectivity index (χ2n) is 5.71. The number of piperidine rings is 1. The van der Waals surface area contributed by atoms with Crippen LogP contribution in [0.1, 0.15) is 29.0 Å². The number of carbonyl (C=O) groups is 2. The summed E-state index contributed by atoms with van der Waals surface area (Å²) >= 11 is 5.98. The van der Waals surface area contributed by atoms with Gasteiger partial charge in [-0.15, -0.1) is 0 Å². The van der Waals surface area contributed by atoms with Gasteiger partial charge in [0.1, 0.15) is 11.3 Å². The topological polar surface area (TPSA) is 63.9 Å². The Hall–Kier alpha value is -2.08. The summed E-state index contributed by atoms with van der Waals surface area (Å²) in [4.78, 5) is 30.6. The second kappa shape index (κ2) is 6.20. The Morgan fingerprint density at radius 2 is 2.04 bits per heavy atom. The molecule has 0 N–H and O–H groups in total. The van der Waals surface area contributed by atoms with Crippen LogP contribution < -0.4 is 0 Å². The maximum absolute atomic E-state index is 12.8. The van der Waals surface area contributed by atoms with Gasteiger partial charge in [0.05, 0.1) is 18.7 Å². The number of halogens is 1. The van der Waals surface area contributed by atoms with Gasteiger partial charge >= 0.3 is 5.97 Å². The summed E-state index contributed by atoms with van der Waals surface area (Å²) in [6, 6.07) is 3.46. The molecule has 1 aliphatic heterocycles. The number of methoxy groups -OCH3 is 1. The number of nitrogens with zero attached hydrogens (tertiary/aromatic N) is 3. The quantitative estimate of drug-likeness (QED) is 0.790. The Balaban J connectivity index is 1.82. The van der Waals surface area contributed by atoms with Crippen LogP contribution in [-0.4, -0.2) is 46.4 Å². The van der Waals surface area contributed by atoms with Crippen LogP contribution in [0.3, 0.4) is 0 Å². The van der Waals surface area contributed by atoms with Gasteiger partial charge < -0.3 is 9.64 Å². The number of carbonyl (C=O) groups excluding carboxylic acids is 2. The van der Waals surface area contributed by atoms with E-state index in [0.29, 0.717) is 48.0 Å². The highest BCUT2D eigenvalue weighted by Crippen LogP contribution is 2.22. The molecule has 2 aromatic heterocycles. The first-order valence-electron chi connectivity index (χ1n) is 7.52. The van der Waals surface area contributed by atoms with E-state index in [-0.39, 0.29) is 17.8 Å². The molecule has 6 nitrogen and oxygen atoms in total. The SMILES string of the molecule is COC(=O)C1CCN(C(=O)c2c(C)nc3cc(Cl)ccn23)CC1. The summed E-state index contributed by atoms with van der Waals surface area (Å²) in [5, 5.41) is 0.584. The van der Waals surface area contributed by atoms with Gasteiger partial charge in [-0.25, -0.2) is 4.98 Å². The number of fused-ring (bicyclic) bond motifs is 1. The third-order valence-electron chi connectivity index (χ3n) is 4.28. The number of imidazole rings is 1. The summed E-state index contributed by atoms with van der Waals surface area (Å²) in [5.41, 5.74) is 1.88. The van der Waals surface area contributed by atoms with Crippen LogP contribution in [0.25, 0.3) is 5.65 Å². The van der Waals surface area contributed by atoms with Crippen molar-refractivity contribution in [3.63, 3.8) is 0 Å². The minimum atomic E-state index is -0.197. The maximum Gasteiger partial charge on any atom is 0.308 e. The lowest BCUT2D eigenvalue weighted by Crippen LogP contribution is -2.41. The molecule has 0 atom stereocenters. The molecular weight excluding hydrogens is 318 g/mol. The number of aryl methyl sites for hydroxylation is 1. The molecule has 3 rings (SSSR count). The molecule has 23 heavy (non-hydrogen) atoms. The first-order chi connectivity index (χ1) is 11.0. The molecule has 0 saturated carbocycles. The molecular formula is C16H18ClN3O3. The minimum Gasteiger partial charge on any atom is -0.469 e. The number of esters is 1. The predicted molar refractivity (Wildman–Crippen MR) is 85.6 cm³/mol. The molecule has 1 aliphatic rings. The van der Waals surface area contributed by atoms with Crippen LogP contribution in [0.15, 0.2) is 18.3 Å². The third kappa shape index (κ3) is 2.91. The zero-order valence-corrected chi connectivity index (χ0v) is 13.8. The van der Waals surface area contributed by atoms with Crippen molar-refractivity contribution in [2.75, 3.05) is 20.2 Å². The number of hydrogen-bond acceptors (Lipinski definition) is 4. The lowest BCUT2D eigenvalue weighted by molar-refractivity contribution is -0.146. The average molecular weight is 336 g/mol. The molecule has 7 heteroatoms. The van der Waals surface area contributed by atoms with Gasteiger partial charge in [0, 0.05) is 30.4 Å². The number of likely N-dealkylation sites (tertiary alicyclic amines) is 1. The number of ether oxygens (including phenoxy) is 1. The van der Waals surface area contributed by atoms with Gasteiger partial charge in [-0.05, 0) is 25.8 Å². The first kappa shape index (κ1) is 15.8. The predicted octanol–water partition coefficient (Wildman–Crippen LogP) is 2.32. The Bertz CT molecular complexity index is 763. The fraction of sp³-hybridized carbons (Fsp3) is 0.438. The fourth-order valence-corrected chi connectivity index (χ4v) is 3.18. The molecule has 3 heterocycles. The van der Waals surface area contributed by atoms with Crippen molar-refractivity contribution in [2.45, 2.75) is 19.8 Å². The third-order valence-corrected chi connectivity index (χ3v) is 4.52. The van der Waals surface area contributed by atoms with E-state index in [2.05, 4.69) is 4.98 Å². The zero-order chi connectivity index (χ0) is 16.6. The number of rotatable bonds is 2. The van der Waals surface area contributed by atoms with Crippen molar-refractivity contribution in [3.8, 4) is 0 Å². The summed E-state index contributed by atoms with van der Waals surface area (Å²) in [6.45, 7) is 2.90. The Morgan fingerprint density at radius 1 is 1.35 bits per heavy atom. The van der Waals surface area contributed by atoms with Crippen molar-refractivity contribution in [1.82, 2.24) is 14.3 Å². The molecule has 0 radical (unpaired) electrons. The summed E-state index contributed by atoms with van der Waals surface area (Å²) in [5.74, 6) is -0.385. The lowest BCUT2D eigenvalue weighted by atomic mass is 9.97. The van der Waals surface area contributed by atoms with Gasteiger partial charge in [0.25, 0.3) is 5.91 Å². The van der Waals surface area contributed by atoms with Gasteiger partial charge in [-0.1, -0.05) is 11.6 Å². The van der Waals surface area contributed by atoms with E-state index in [4.69, 9.17) is 16.3 Å². The van der Waals surface area contributed by atoms with E-state index >= 15 is 0 Å². The molecule has 0 aromatic carbocycles. The van der Waals surface area contributed by atoms with Gasteiger partial charge in [-0.3, -0.25) is 14.0 Å². The molecule has 0 unspecified atom stereocenters. The minimum absolute atomic E-state index is 0.0689. The molecule has 2 aromatic rings. The monoisotopic (exact) mass is 335 g/mol. The number of pyridine rings is 1. The van der Waals surface area contributed by atoms with Crippen LogP contribution in [0.2, 0.25) is 5.02 Å².